The molecule has 4 nitrogen and oxygen atoms in total. The van der Waals surface area contributed by atoms with E-state index in [4.69, 9.17) is 10.5 Å². The Labute approximate surface area is 123 Å². The Morgan fingerprint density at radius 3 is 2.58 bits per heavy atom. The number of hydrogen-bond donors (Lipinski definition) is 1. The quantitative estimate of drug-likeness (QED) is 0.837. The summed E-state index contributed by atoms with van der Waals surface area (Å²) >= 11 is 3.59. The van der Waals surface area contributed by atoms with Crippen LogP contribution in [-0.2, 0) is 11.3 Å². The first-order valence-corrected chi connectivity index (χ1v) is 7.46. The maximum absolute atomic E-state index is 5.85. The molecule has 1 aliphatic heterocycles. The maximum Gasteiger partial charge on any atom is 0.0589 e. The molecule has 1 fully saturated rings. The second kappa shape index (κ2) is 7.24. The molecule has 2 N–H and O–H groups in total. The van der Waals surface area contributed by atoms with Crippen LogP contribution >= 0.6 is 15.9 Å². The lowest BCUT2D eigenvalue weighted by molar-refractivity contribution is 0.0937. The van der Waals surface area contributed by atoms with Crippen LogP contribution < -0.4 is 5.73 Å². The Hall–Kier alpha value is -0.620. The van der Waals surface area contributed by atoms with Gasteiger partial charge in [0, 0.05) is 56.5 Å². The van der Waals surface area contributed by atoms with Gasteiger partial charge in [0.05, 0.1) is 6.61 Å². The molecule has 0 aliphatic carbocycles. The molecule has 1 saturated heterocycles. The van der Waals surface area contributed by atoms with Gasteiger partial charge in [-0.3, -0.25) is 9.80 Å². The Morgan fingerprint density at radius 1 is 1.21 bits per heavy atom. The summed E-state index contributed by atoms with van der Waals surface area (Å²) in [5.41, 5.74) is 7.95. The van der Waals surface area contributed by atoms with E-state index in [1.807, 2.05) is 12.1 Å². The molecular formula is C14H22BrN3O. The molecule has 19 heavy (non-hydrogen) atoms. The van der Waals surface area contributed by atoms with Crippen molar-refractivity contribution in [3.63, 3.8) is 0 Å². The first-order chi connectivity index (χ1) is 9.19. The number of piperazine rings is 1. The largest absolute Gasteiger partial charge is 0.399 e. The van der Waals surface area contributed by atoms with Crippen molar-refractivity contribution in [3.8, 4) is 0 Å². The van der Waals surface area contributed by atoms with Crippen molar-refractivity contribution in [2.45, 2.75) is 6.54 Å². The van der Waals surface area contributed by atoms with Crippen molar-refractivity contribution < 1.29 is 4.74 Å². The number of hydrogen-bond acceptors (Lipinski definition) is 4. The minimum Gasteiger partial charge on any atom is -0.399 e. The van der Waals surface area contributed by atoms with Crippen LogP contribution in [0.25, 0.3) is 0 Å². The van der Waals surface area contributed by atoms with E-state index < -0.39 is 0 Å². The third kappa shape index (κ3) is 4.45. The maximum atomic E-state index is 5.85. The van der Waals surface area contributed by atoms with Gasteiger partial charge in [0.1, 0.15) is 0 Å². The number of nitrogens with zero attached hydrogens (tertiary/aromatic N) is 2. The van der Waals surface area contributed by atoms with E-state index in [-0.39, 0.29) is 0 Å². The number of rotatable bonds is 5. The molecule has 0 bridgehead atoms. The van der Waals surface area contributed by atoms with Gasteiger partial charge in [0.15, 0.2) is 0 Å². The van der Waals surface area contributed by atoms with Gasteiger partial charge < -0.3 is 10.5 Å². The summed E-state index contributed by atoms with van der Waals surface area (Å²) in [5, 5.41) is 0. The van der Waals surface area contributed by atoms with E-state index >= 15 is 0 Å². The Balaban J connectivity index is 1.83. The standard InChI is InChI=1S/C14H22BrN3O/c1-19-9-8-17-4-6-18(7-5-17)11-12-10-13(16)2-3-14(12)15/h2-3,10H,4-9,11,16H2,1H3. The van der Waals surface area contributed by atoms with Gasteiger partial charge in [0.2, 0.25) is 0 Å². The number of halogens is 1. The highest BCUT2D eigenvalue weighted by Gasteiger charge is 2.17. The van der Waals surface area contributed by atoms with E-state index in [2.05, 4.69) is 31.8 Å². The molecule has 0 aromatic heterocycles. The van der Waals surface area contributed by atoms with Gasteiger partial charge in [-0.2, -0.15) is 0 Å². The predicted octanol–water partition coefficient (Wildman–Crippen LogP) is 1.80. The number of benzene rings is 1. The van der Waals surface area contributed by atoms with E-state index in [9.17, 15) is 0 Å². The number of ether oxygens (including phenoxy) is 1. The number of anilines is 1. The summed E-state index contributed by atoms with van der Waals surface area (Å²) < 4.78 is 6.26. The molecule has 1 heterocycles. The van der Waals surface area contributed by atoms with Gasteiger partial charge >= 0.3 is 0 Å². The molecule has 106 valence electrons. The zero-order chi connectivity index (χ0) is 13.7. The Bertz CT molecular complexity index is 406. The van der Waals surface area contributed by atoms with Gasteiger partial charge in [-0.05, 0) is 23.8 Å². The van der Waals surface area contributed by atoms with Crippen molar-refractivity contribution in [2.75, 3.05) is 52.2 Å². The molecule has 0 unspecified atom stereocenters. The minimum absolute atomic E-state index is 0.820. The highest BCUT2D eigenvalue weighted by molar-refractivity contribution is 9.10. The highest BCUT2D eigenvalue weighted by atomic mass is 79.9. The molecule has 1 aromatic rings. The third-order valence-electron chi connectivity index (χ3n) is 3.54. The van der Waals surface area contributed by atoms with Gasteiger partial charge in [-0.15, -0.1) is 0 Å². The third-order valence-corrected chi connectivity index (χ3v) is 4.31. The lowest BCUT2D eigenvalue weighted by Gasteiger charge is -2.34. The molecule has 5 heteroatoms. The molecule has 1 aromatic carbocycles. The van der Waals surface area contributed by atoms with E-state index in [0.29, 0.717) is 0 Å². The topological polar surface area (TPSA) is 41.7 Å². The zero-order valence-electron chi connectivity index (χ0n) is 11.4. The van der Waals surface area contributed by atoms with Gasteiger partial charge in [-0.25, -0.2) is 0 Å². The Morgan fingerprint density at radius 2 is 1.89 bits per heavy atom. The van der Waals surface area contributed by atoms with Crippen molar-refractivity contribution in [1.29, 1.82) is 0 Å². The lowest BCUT2D eigenvalue weighted by Crippen LogP contribution is -2.46. The minimum atomic E-state index is 0.820. The normalized spacial score (nSPS) is 17.8. The molecule has 0 atom stereocenters. The van der Waals surface area contributed by atoms with Crippen molar-refractivity contribution in [3.05, 3.63) is 28.2 Å². The first kappa shape index (κ1) is 14.8. The summed E-state index contributed by atoms with van der Waals surface area (Å²) in [6, 6.07) is 6.01. The number of nitrogen functional groups attached to an aromatic ring is 1. The smallest absolute Gasteiger partial charge is 0.0589 e. The molecule has 0 spiro atoms. The van der Waals surface area contributed by atoms with Crippen LogP contribution in [0, 0.1) is 0 Å². The summed E-state index contributed by atoms with van der Waals surface area (Å²) in [5.74, 6) is 0. The second-order valence-electron chi connectivity index (χ2n) is 4.96. The van der Waals surface area contributed by atoms with Crippen LogP contribution in [0.4, 0.5) is 5.69 Å². The summed E-state index contributed by atoms with van der Waals surface area (Å²) in [6.45, 7) is 7.25. The SMILES string of the molecule is COCCN1CCN(Cc2cc(N)ccc2Br)CC1. The van der Waals surface area contributed by atoms with Crippen molar-refractivity contribution in [1.82, 2.24) is 9.80 Å². The molecule has 0 radical (unpaired) electrons. The summed E-state index contributed by atoms with van der Waals surface area (Å²) in [7, 11) is 1.76. The monoisotopic (exact) mass is 327 g/mol. The van der Waals surface area contributed by atoms with Crippen molar-refractivity contribution in [2.24, 2.45) is 0 Å². The zero-order valence-corrected chi connectivity index (χ0v) is 13.0. The van der Waals surface area contributed by atoms with Gasteiger partial charge in [-0.1, -0.05) is 15.9 Å². The van der Waals surface area contributed by atoms with Crippen LogP contribution in [0.5, 0.6) is 0 Å². The highest BCUT2D eigenvalue weighted by Crippen LogP contribution is 2.21. The lowest BCUT2D eigenvalue weighted by atomic mass is 10.1. The average molecular weight is 328 g/mol. The first-order valence-electron chi connectivity index (χ1n) is 6.66. The average Bonchev–Trinajstić information content (AvgIpc) is 2.42. The fraction of sp³-hybridized carbons (Fsp3) is 0.571. The van der Waals surface area contributed by atoms with Crippen LogP contribution in [0.3, 0.4) is 0 Å². The van der Waals surface area contributed by atoms with Crippen molar-refractivity contribution >= 4 is 21.6 Å². The van der Waals surface area contributed by atoms with Crippen LogP contribution in [0.15, 0.2) is 22.7 Å². The molecular weight excluding hydrogens is 306 g/mol. The summed E-state index contributed by atoms with van der Waals surface area (Å²) in [4.78, 5) is 4.93. The predicted molar refractivity (Wildman–Crippen MR) is 82.1 cm³/mol. The fourth-order valence-electron chi connectivity index (χ4n) is 2.35. The molecule has 0 amide bonds. The van der Waals surface area contributed by atoms with E-state index in [0.717, 1.165) is 56.0 Å². The Kier molecular flexibility index (Phi) is 5.63. The molecule has 1 aliphatic rings. The number of nitrogens with two attached hydrogens (primary N) is 1. The van der Waals surface area contributed by atoms with Crippen LogP contribution in [0.1, 0.15) is 5.56 Å². The fourth-order valence-corrected chi connectivity index (χ4v) is 2.72. The molecule has 2 rings (SSSR count). The molecule has 0 saturated carbocycles. The van der Waals surface area contributed by atoms with Gasteiger partial charge in [0.25, 0.3) is 0 Å². The van der Waals surface area contributed by atoms with E-state index in [1.54, 1.807) is 7.11 Å². The van der Waals surface area contributed by atoms with Crippen LogP contribution in [-0.4, -0.2) is 56.2 Å². The second-order valence-corrected chi connectivity index (χ2v) is 5.82. The number of methoxy groups -OCH3 is 1. The summed E-state index contributed by atoms with van der Waals surface area (Å²) in [6.07, 6.45) is 0. The van der Waals surface area contributed by atoms with E-state index in [1.165, 1.54) is 5.56 Å². The van der Waals surface area contributed by atoms with Crippen LogP contribution in [0.2, 0.25) is 0 Å².